The van der Waals surface area contributed by atoms with E-state index in [9.17, 15) is 4.79 Å². The van der Waals surface area contributed by atoms with Crippen LogP contribution in [0.4, 0.5) is 0 Å². The lowest BCUT2D eigenvalue weighted by molar-refractivity contribution is 0.101. The number of unbranched alkanes of at least 4 members (excludes halogenated alkanes) is 2. The van der Waals surface area contributed by atoms with E-state index in [1.807, 2.05) is 12.1 Å². The van der Waals surface area contributed by atoms with Gasteiger partial charge in [0, 0.05) is 5.56 Å². The van der Waals surface area contributed by atoms with Crippen molar-refractivity contribution < 1.29 is 4.79 Å². The summed E-state index contributed by atoms with van der Waals surface area (Å²) < 4.78 is 0. The summed E-state index contributed by atoms with van der Waals surface area (Å²) in [6.45, 7) is 3.87. The molecule has 0 radical (unpaired) electrons. The predicted molar refractivity (Wildman–Crippen MR) is 77.2 cm³/mol. The lowest BCUT2D eigenvalue weighted by atomic mass is 9.93. The Morgan fingerprint density at radius 3 is 2.56 bits per heavy atom. The fraction of sp³-hybridized carbons (Fsp3) is 0.353. The van der Waals surface area contributed by atoms with Crippen LogP contribution in [-0.2, 0) is 6.42 Å². The molecule has 1 nitrogen and oxygen atoms in total. The highest BCUT2D eigenvalue weighted by molar-refractivity contribution is 6.08. The van der Waals surface area contributed by atoms with E-state index < -0.39 is 0 Å². The molecule has 0 saturated carbocycles. The van der Waals surface area contributed by atoms with Crippen LogP contribution in [0.3, 0.4) is 0 Å². The number of aryl methyl sites for hydroxylation is 1. The van der Waals surface area contributed by atoms with Crippen molar-refractivity contribution in [3.05, 3.63) is 47.5 Å². The third kappa shape index (κ3) is 2.61. The Hall–Kier alpha value is -1.63. The lowest BCUT2D eigenvalue weighted by Crippen LogP contribution is -2.01. The van der Waals surface area contributed by atoms with Gasteiger partial charge in [0.15, 0.2) is 5.78 Å². The summed E-state index contributed by atoms with van der Waals surface area (Å²) in [7, 11) is 0. The second kappa shape index (κ2) is 5.81. The Bertz CT molecular complexity index is 555. The maximum atomic E-state index is 11.9. The number of fused-ring (bicyclic) bond motifs is 1. The minimum Gasteiger partial charge on any atom is -0.294 e. The molecule has 0 atom stereocenters. The summed E-state index contributed by atoms with van der Waals surface area (Å²) in [4.78, 5) is 11.9. The summed E-state index contributed by atoms with van der Waals surface area (Å²) >= 11 is 0. The van der Waals surface area contributed by atoms with Gasteiger partial charge in [0.05, 0.1) is 0 Å². The van der Waals surface area contributed by atoms with Gasteiger partial charge in [-0.25, -0.2) is 0 Å². The summed E-state index contributed by atoms with van der Waals surface area (Å²) in [5, 5.41) is 2.25. The Kier molecular flexibility index (Phi) is 4.14. The standard InChI is InChI=1S/C17H20O/c1-3-4-5-9-15-12-11-14-8-6-7-10-16(14)17(15)13(2)18/h6-8,10-12H,3-5,9H2,1-2H3. The number of benzene rings is 2. The van der Waals surface area contributed by atoms with Crippen molar-refractivity contribution in [2.75, 3.05) is 0 Å². The number of hydrogen-bond acceptors (Lipinski definition) is 1. The Balaban J connectivity index is 2.46. The van der Waals surface area contributed by atoms with Crippen molar-refractivity contribution in [3.8, 4) is 0 Å². The molecule has 0 amide bonds. The molecule has 0 bridgehead atoms. The molecule has 18 heavy (non-hydrogen) atoms. The zero-order valence-corrected chi connectivity index (χ0v) is 11.2. The minimum absolute atomic E-state index is 0.179. The van der Waals surface area contributed by atoms with E-state index >= 15 is 0 Å². The van der Waals surface area contributed by atoms with Crippen LogP contribution in [-0.4, -0.2) is 5.78 Å². The fourth-order valence-electron chi connectivity index (χ4n) is 2.51. The Morgan fingerprint density at radius 1 is 1.06 bits per heavy atom. The van der Waals surface area contributed by atoms with Crippen molar-refractivity contribution in [1.29, 1.82) is 0 Å². The smallest absolute Gasteiger partial charge is 0.160 e. The maximum absolute atomic E-state index is 11.9. The molecule has 0 aliphatic rings. The van der Waals surface area contributed by atoms with E-state index in [0.29, 0.717) is 0 Å². The van der Waals surface area contributed by atoms with Crippen molar-refractivity contribution in [2.45, 2.75) is 39.5 Å². The quantitative estimate of drug-likeness (QED) is 0.543. The van der Waals surface area contributed by atoms with Crippen LogP contribution >= 0.6 is 0 Å². The van der Waals surface area contributed by atoms with Crippen molar-refractivity contribution in [1.82, 2.24) is 0 Å². The number of hydrogen-bond donors (Lipinski definition) is 0. The van der Waals surface area contributed by atoms with Gasteiger partial charge in [-0.15, -0.1) is 0 Å². The molecule has 0 aliphatic heterocycles. The molecule has 0 aliphatic carbocycles. The van der Waals surface area contributed by atoms with E-state index in [-0.39, 0.29) is 5.78 Å². The highest BCUT2D eigenvalue weighted by Gasteiger charge is 2.11. The van der Waals surface area contributed by atoms with E-state index in [0.717, 1.165) is 29.2 Å². The molecule has 2 aromatic rings. The third-order valence-electron chi connectivity index (χ3n) is 3.42. The van der Waals surface area contributed by atoms with Gasteiger partial charge < -0.3 is 0 Å². The van der Waals surface area contributed by atoms with Gasteiger partial charge in [-0.1, -0.05) is 56.2 Å². The molecule has 0 N–H and O–H groups in total. The summed E-state index contributed by atoms with van der Waals surface area (Å²) in [5.41, 5.74) is 2.12. The Morgan fingerprint density at radius 2 is 1.83 bits per heavy atom. The van der Waals surface area contributed by atoms with Crippen molar-refractivity contribution in [3.63, 3.8) is 0 Å². The van der Waals surface area contributed by atoms with Crippen LogP contribution < -0.4 is 0 Å². The molecule has 0 spiro atoms. The molecular weight excluding hydrogens is 220 g/mol. The zero-order valence-electron chi connectivity index (χ0n) is 11.2. The van der Waals surface area contributed by atoms with E-state index in [2.05, 4.69) is 31.2 Å². The monoisotopic (exact) mass is 240 g/mol. The van der Waals surface area contributed by atoms with Crippen LogP contribution in [0.15, 0.2) is 36.4 Å². The average Bonchev–Trinajstić information content (AvgIpc) is 2.38. The van der Waals surface area contributed by atoms with E-state index in [1.165, 1.54) is 18.4 Å². The van der Waals surface area contributed by atoms with Crippen molar-refractivity contribution in [2.24, 2.45) is 0 Å². The SMILES string of the molecule is CCCCCc1ccc2ccccc2c1C(C)=O. The van der Waals surface area contributed by atoms with Gasteiger partial charge in [0.1, 0.15) is 0 Å². The highest BCUT2D eigenvalue weighted by Crippen LogP contribution is 2.24. The first-order valence-corrected chi connectivity index (χ1v) is 6.75. The summed E-state index contributed by atoms with van der Waals surface area (Å²) in [6.07, 6.45) is 4.61. The average molecular weight is 240 g/mol. The first-order chi connectivity index (χ1) is 8.74. The molecular formula is C17H20O. The minimum atomic E-state index is 0.179. The van der Waals surface area contributed by atoms with Gasteiger partial charge in [0.2, 0.25) is 0 Å². The van der Waals surface area contributed by atoms with Crippen LogP contribution in [0.1, 0.15) is 49.0 Å². The van der Waals surface area contributed by atoms with Crippen LogP contribution in [0.5, 0.6) is 0 Å². The van der Waals surface area contributed by atoms with Crippen LogP contribution in [0.2, 0.25) is 0 Å². The number of ketones is 1. The van der Waals surface area contributed by atoms with Gasteiger partial charge in [-0.05, 0) is 36.1 Å². The van der Waals surface area contributed by atoms with Gasteiger partial charge in [0.25, 0.3) is 0 Å². The lowest BCUT2D eigenvalue weighted by Gasteiger charge is -2.10. The topological polar surface area (TPSA) is 17.1 Å². The number of Topliss-reactive ketones (excluding diaryl/α,β-unsaturated/α-hetero) is 1. The maximum Gasteiger partial charge on any atom is 0.160 e. The van der Waals surface area contributed by atoms with Crippen LogP contribution in [0.25, 0.3) is 10.8 Å². The molecule has 0 aromatic heterocycles. The molecule has 1 heteroatoms. The summed E-state index contributed by atoms with van der Waals surface area (Å²) in [6, 6.07) is 12.4. The first-order valence-electron chi connectivity index (χ1n) is 6.75. The molecule has 0 unspecified atom stereocenters. The first kappa shape index (κ1) is 12.8. The normalized spacial score (nSPS) is 10.8. The van der Waals surface area contributed by atoms with E-state index in [4.69, 9.17) is 0 Å². The van der Waals surface area contributed by atoms with Gasteiger partial charge >= 0.3 is 0 Å². The molecule has 0 fully saturated rings. The van der Waals surface area contributed by atoms with Gasteiger partial charge in [-0.2, -0.15) is 0 Å². The zero-order chi connectivity index (χ0) is 13.0. The Labute approximate surface area is 109 Å². The largest absolute Gasteiger partial charge is 0.294 e. The predicted octanol–water partition coefficient (Wildman–Crippen LogP) is 4.78. The highest BCUT2D eigenvalue weighted by atomic mass is 16.1. The van der Waals surface area contributed by atoms with Crippen molar-refractivity contribution >= 4 is 16.6 Å². The molecule has 2 aromatic carbocycles. The molecule has 0 saturated heterocycles. The second-order valence-electron chi connectivity index (χ2n) is 4.83. The number of carbonyl (C=O) groups is 1. The number of rotatable bonds is 5. The van der Waals surface area contributed by atoms with Crippen LogP contribution in [0, 0.1) is 0 Å². The third-order valence-corrected chi connectivity index (χ3v) is 3.42. The second-order valence-corrected chi connectivity index (χ2v) is 4.83. The van der Waals surface area contributed by atoms with Gasteiger partial charge in [-0.3, -0.25) is 4.79 Å². The molecule has 0 heterocycles. The molecule has 2 rings (SSSR count). The number of carbonyl (C=O) groups excluding carboxylic acids is 1. The molecule has 94 valence electrons. The van der Waals surface area contributed by atoms with E-state index in [1.54, 1.807) is 6.92 Å². The summed E-state index contributed by atoms with van der Waals surface area (Å²) in [5.74, 6) is 0.179. The fourth-order valence-corrected chi connectivity index (χ4v) is 2.51.